The van der Waals surface area contributed by atoms with Gasteiger partial charge in [-0.1, -0.05) is 29.8 Å². The van der Waals surface area contributed by atoms with Crippen LogP contribution in [0.4, 0.5) is 0 Å². The molecule has 7 heteroatoms. The molecule has 1 atom stereocenters. The van der Waals surface area contributed by atoms with Crippen LogP contribution in [-0.4, -0.2) is 47.5 Å². The number of nitrogens with one attached hydrogen (secondary N) is 1. The van der Waals surface area contributed by atoms with E-state index in [9.17, 15) is 9.59 Å². The van der Waals surface area contributed by atoms with Crippen molar-refractivity contribution >= 4 is 18.0 Å². The standard InChI is InChI=1S/C23H29N3O4/c1-16-6-8-19(9-7-16)14-26-18(3)21(17(2)25-26)10-11-23(28)30-15-22(27)24-13-20-5-4-12-29-20/h6-11,20H,4-5,12-15H2,1-3H3,(H,24,27)/b11-10+. The molecule has 7 nitrogen and oxygen atoms in total. The Morgan fingerprint density at radius 2 is 2.03 bits per heavy atom. The van der Waals surface area contributed by atoms with Gasteiger partial charge in [0, 0.05) is 30.5 Å². The van der Waals surface area contributed by atoms with Crippen molar-refractivity contribution in [3.63, 3.8) is 0 Å². The molecule has 1 amide bonds. The first-order chi connectivity index (χ1) is 14.4. The highest BCUT2D eigenvalue weighted by Crippen LogP contribution is 2.17. The molecule has 2 aromatic rings. The fourth-order valence-electron chi connectivity index (χ4n) is 3.39. The molecule has 0 bridgehead atoms. The number of benzene rings is 1. The third-order valence-corrected chi connectivity index (χ3v) is 5.17. The highest BCUT2D eigenvalue weighted by atomic mass is 16.5. The van der Waals surface area contributed by atoms with E-state index in [1.165, 1.54) is 11.6 Å². The monoisotopic (exact) mass is 411 g/mol. The van der Waals surface area contributed by atoms with Gasteiger partial charge in [-0.2, -0.15) is 5.10 Å². The number of esters is 1. The number of hydrogen-bond acceptors (Lipinski definition) is 5. The first kappa shape index (κ1) is 21.8. The Morgan fingerprint density at radius 3 is 2.73 bits per heavy atom. The fraction of sp³-hybridized carbons (Fsp3) is 0.435. The van der Waals surface area contributed by atoms with Gasteiger partial charge in [0.1, 0.15) is 0 Å². The molecule has 0 saturated carbocycles. The molecule has 0 spiro atoms. The van der Waals surface area contributed by atoms with Crippen molar-refractivity contribution in [2.24, 2.45) is 0 Å². The molecule has 1 aromatic heterocycles. The number of ether oxygens (including phenoxy) is 2. The average molecular weight is 412 g/mol. The van der Waals surface area contributed by atoms with Crippen LogP contribution in [0.2, 0.25) is 0 Å². The highest BCUT2D eigenvalue weighted by Gasteiger charge is 2.16. The summed E-state index contributed by atoms with van der Waals surface area (Å²) in [5.41, 5.74) is 5.05. The zero-order valence-corrected chi connectivity index (χ0v) is 17.8. The molecular formula is C23H29N3O4. The second kappa shape index (κ2) is 10.2. The summed E-state index contributed by atoms with van der Waals surface area (Å²) >= 11 is 0. The maximum absolute atomic E-state index is 12.0. The number of aryl methyl sites for hydroxylation is 2. The number of hydrogen-bond donors (Lipinski definition) is 1. The Hall–Kier alpha value is -2.93. The van der Waals surface area contributed by atoms with E-state index in [1.54, 1.807) is 6.08 Å². The number of amides is 1. The SMILES string of the molecule is Cc1ccc(Cn2nc(C)c(/C=C/C(=O)OCC(=O)NCC3CCCO3)c2C)cc1. The molecule has 0 radical (unpaired) electrons. The molecular weight excluding hydrogens is 382 g/mol. The molecule has 1 aliphatic rings. The maximum Gasteiger partial charge on any atom is 0.331 e. The van der Waals surface area contributed by atoms with Crippen molar-refractivity contribution in [1.82, 2.24) is 15.1 Å². The van der Waals surface area contributed by atoms with E-state index in [2.05, 4.69) is 41.6 Å². The molecule has 3 rings (SSSR count). The Labute approximate surface area is 177 Å². The number of carbonyl (C=O) groups excluding carboxylic acids is 2. The van der Waals surface area contributed by atoms with Gasteiger partial charge in [0.05, 0.1) is 18.3 Å². The third kappa shape index (κ3) is 6.03. The minimum absolute atomic E-state index is 0.0620. The summed E-state index contributed by atoms with van der Waals surface area (Å²) in [5.74, 6) is -0.891. The Bertz CT molecular complexity index is 909. The Morgan fingerprint density at radius 1 is 1.27 bits per heavy atom. The van der Waals surface area contributed by atoms with Gasteiger partial charge in [0.15, 0.2) is 6.61 Å². The molecule has 160 valence electrons. The summed E-state index contributed by atoms with van der Waals surface area (Å²) in [5, 5.41) is 7.30. The van der Waals surface area contributed by atoms with E-state index >= 15 is 0 Å². The zero-order chi connectivity index (χ0) is 21.5. The van der Waals surface area contributed by atoms with E-state index in [0.29, 0.717) is 13.1 Å². The topological polar surface area (TPSA) is 82.5 Å². The van der Waals surface area contributed by atoms with Gasteiger partial charge >= 0.3 is 5.97 Å². The van der Waals surface area contributed by atoms with Crippen LogP contribution >= 0.6 is 0 Å². The van der Waals surface area contributed by atoms with Gasteiger partial charge in [-0.05, 0) is 45.3 Å². The number of carbonyl (C=O) groups is 2. The molecule has 1 fully saturated rings. The predicted octanol–water partition coefficient (Wildman–Crippen LogP) is 2.71. The summed E-state index contributed by atoms with van der Waals surface area (Å²) in [6.07, 6.45) is 5.04. The largest absolute Gasteiger partial charge is 0.452 e. The van der Waals surface area contributed by atoms with Crippen LogP contribution in [0.5, 0.6) is 0 Å². The summed E-state index contributed by atoms with van der Waals surface area (Å²) in [4.78, 5) is 23.8. The van der Waals surface area contributed by atoms with Crippen LogP contribution in [-0.2, 0) is 25.6 Å². The van der Waals surface area contributed by atoms with E-state index in [4.69, 9.17) is 9.47 Å². The van der Waals surface area contributed by atoms with Crippen LogP contribution in [0.15, 0.2) is 30.3 Å². The highest BCUT2D eigenvalue weighted by molar-refractivity contribution is 5.89. The lowest BCUT2D eigenvalue weighted by Crippen LogP contribution is -2.34. The fourth-order valence-corrected chi connectivity index (χ4v) is 3.39. The molecule has 1 saturated heterocycles. The second-order valence-corrected chi connectivity index (χ2v) is 7.61. The van der Waals surface area contributed by atoms with Crippen molar-refractivity contribution in [2.45, 2.75) is 46.3 Å². The lowest BCUT2D eigenvalue weighted by atomic mass is 10.1. The second-order valence-electron chi connectivity index (χ2n) is 7.61. The van der Waals surface area contributed by atoms with Gasteiger partial charge in [0.25, 0.3) is 5.91 Å². The first-order valence-corrected chi connectivity index (χ1v) is 10.2. The van der Waals surface area contributed by atoms with Crippen molar-refractivity contribution in [3.8, 4) is 0 Å². The molecule has 2 heterocycles. The smallest absolute Gasteiger partial charge is 0.331 e. The van der Waals surface area contributed by atoms with E-state index in [0.717, 1.165) is 42.0 Å². The number of rotatable bonds is 8. The van der Waals surface area contributed by atoms with E-state index < -0.39 is 5.97 Å². The summed E-state index contributed by atoms with van der Waals surface area (Å²) < 4.78 is 12.4. The Balaban J connectivity index is 1.50. The molecule has 30 heavy (non-hydrogen) atoms. The third-order valence-electron chi connectivity index (χ3n) is 5.17. The van der Waals surface area contributed by atoms with Crippen LogP contribution in [0.25, 0.3) is 6.08 Å². The van der Waals surface area contributed by atoms with E-state index in [1.807, 2.05) is 18.5 Å². The van der Waals surface area contributed by atoms with Crippen molar-refractivity contribution in [2.75, 3.05) is 19.8 Å². The molecule has 1 N–H and O–H groups in total. The van der Waals surface area contributed by atoms with Gasteiger partial charge in [-0.25, -0.2) is 4.79 Å². The molecule has 1 aromatic carbocycles. The van der Waals surface area contributed by atoms with Crippen LogP contribution in [0, 0.1) is 20.8 Å². The lowest BCUT2D eigenvalue weighted by molar-refractivity contribution is -0.143. The average Bonchev–Trinajstić information content (AvgIpc) is 3.33. The van der Waals surface area contributed by atoms with Crippen molar-refractivity contribution < 1.29 is 19.1 Å². The lowest BCUT2D eigenvalue weighted by Gasteiger charge is -2.10. The number of aromatic nitrogens is 2. The van der Waals surface area contributed by atoms with Crippen molar-refractivity contribution in [1.29, 1.82) is 0 Å². The zero-order valence-electron chi connectivity index (χ0n) is 17.8. The molecule has 1 aliphatic heterocycles. The molecule has 1 unspecified atom stereocenters. The predicted molar refractivity (Wildman–Crippen MR) is 114 cm³/mol. The minimum atomic E-state index is -0.563. The van der Waals surface area contributed by atoms with Gasteiger partial charge in [-0.15, -0.1) is 0 Å². The van der Waals surface area contributed by atoms with E-state index in [-0.39, 0.29) is 18.6 Å². The summed E-state index contributed by atoms with van der Waals surface area (Å²) in [6, 6.07) is 8.33. The van der Waals surface area contributed by atoms with Crippen LogP contribution in [0.1, 0.15) is 40.9 Å². The van der Waals surface area contributed by atoms with Crippen molar-refractivity contribution in [3.05, 3.63) is 58.4 Å². The number of nitrogens with zero attached hydrogens (tertiary/aromatic N) is 2. The van der Waals surface area contributed by atoms with Crippen LogP contribution < -0.4 is 5.32 Å². The van der Waals surface area contributed by atoms with Gasteiger partial charge in [0.2, 0.25) is 0 Å². The molecule has 0 aliphatic carbocycles. The summed E-state index contributed by atoms with van der Waals surface area (Å²) in [7, 11) is 0. The maximum atomic E-state index is 12.0. The summed E-state index contributed by atoms with van der Waals surface area (Å²) in [6.45, 7) is 7.48. The minimum Gasteiger partial charge on any atom is -0.452 e. The van der Waals surface area contributed by atoms with Crippen LogP contribution in [0.3, 0.4) is 0 Å². The quantitative estimate of drug-likeness (QED) is 0.534. The van der Waals surface area contributed by atoms with Gasteiger partial charge < -0.3 is 14.8 Å². The Kier molecular flexibility index (Phi) is 7.41. The normalized spacial score (nSPS) is 16.2. The van der Waals surface area contributed by atoms with Gasteiger partial charge in [-0.3, -0.25) is 9.48 Å². The first-order valence-electron chi connectivity index (χ1n) is 10.2.